The lowest BCUT2D eigenvalue weighted by atomic mass is 9.88. The molecule has 5 rings (SSSR count). The standard InChI is InChI=1S/C24H15BrO3/c25-17-12-10-16(11-13-17)21-14-19(15-6-2-1-3-7-15)22-23(27-21)18-8-4-5-9-20(18)28-24(22)26/h1-14,19H. The molecule has 0 bridgehead atoms. The Bertz CT molecular complexity index is 1250. The Morgan fingerprint density at radius 2 is 1.54 bits per heavy atom. The Labute approximate surface area is 170 Å². The van der Waals surface area contributed by atoms with Crippen LogP contribution < -0.4 is 10.4 Å². The smallest absolute Gasteiger partial charge is 0.344 e. The van der Waals surface area contributed by atoms with E-state index in [1.807, 2.05) is 78.9 Å². The zero-order valence-electron chi connectivity index (χ0n) is 14.8. The Morgan fingerprint density at radius 1 is 0.821 bits per heavy atom. The average molecular weight is 431 g/mol. The lowest BCUT2D eigenvalue weighted by Crippen LogP contribution is -2.19. The first kappa shape index (κ1) is 17.0. The van der Waals surface area contributed by atoms with Crippen molar-refractivity contribution in [3.8, 4) is 5.75 Å². The highest BCUT2D eigenvalue weighted by Crippen LogP contribution is 2.42. The normalized spacial score (nSPS) is 15.6. The Kier molecular flexibility index (Phi) is 4.14. The summed E-state index contributed by atoms with van der Waals surface area (Å²) in [7, 11) is 0. The number of halogens is 1. The molecule has 3 aromatic carbocycles. The van der Waals surface area contributed by atoms with Crippen LogP contribution in [0, 0.1) is 0 Å². The van der Waals surface area contributed by atoms with Crippen molar-refractivity contribution >= 4 is 32.7 Å². The molecule has 0 spiro atoms. The van der Waals surface area contributed by atoms with E-state index < -0.39 is 0 Å². The zero-order chi connectivity index (χ0) is 19.1. The molecule has 0 fully saturated rings. The molecule has 0 saturated carbocycles. The maximum absolute atomic E-state index is 12.9. The molecule has 1 aliphatic rings. The molecule has 0 amide bonds. The van der Waals surface area contributed by atoms with E-state index in [0.29, 0.717) is 16.9 Å². The zero-order valence-corrected chi connectivity index (χ0v) is 16.3. The van der Waals surface area contributed by atoms with Gasteiger partial charge in [-0.1, -0.05) is 70.5 Å². The summed E-state index contributed by atoms with van der Waals surface area (Å²) in [6.45, 7) is 0. The maximum Gasteiger partial charge on any atom is 0.344 e. The lowest BCUT2D eigenvalue weighted by molar-refractivity contribution is 0.472. The Balaban J connectivity index is 1.78. The number of fused-ring (bicyclic) bond motifs is 3. The number of hydrogen-bond acceptors (Lipinski definition) is 3. The third-order valence-corrected chi connectivity index (χ3v) is 5.46. The van der Waals surface area contributed by atoms with Gasteiger partial charge >= 0.3 is 5.63 Å². The van der Waals surface area contributed by atoms with E-state index in [1.54, 1.807) is 6.07 Å². The highest BCUT2D eigenvalue weighted by Gasteiger charge is 2.30. The highest BCUT2D eigenvalue weighted by atomic mass is 79.9. The van der Waals surface area contributed by atoms with Crippen molar-refractivity contribution in [1.82, 2.24) is 0 Å². The number of para-hydroxylation sites is 1. The summed E-state index contributed by atoms with van der Waals surface area (Å²) in [6, 6.07) is 25.4. The van der Waals surface area contributed by atoms with Gasteiger partial charge in [-0.25, -0.2) is 4.79 Å². The fraction of sp³-hybridized carbons (Fsp3) is 0.0417. The summed E-state index contributed by atoms with van der Waals surface area (Å²) in [5.74, 6) is 1.05. The molecule has 0 N–H and O–H groups in total. The lowest BCUT2D eigenvalue weighted by Gasteiger charge is -2.25. The molecule has 28 heavy (non-hydrogen) atoms. The average Bonchev–Trinajstić information content (AvgIpc) is 2.74. The predicted molar refractivity (Wildman–Crippen MR) is 114 cm³/mol. The first-order valence-electron chi connectivity index (χ1n) is 8.97. The molecule has 2 heterocycles. The van der Waals surface area contributed by atoms with Crippen LogP contribution in [0.15, 0.2) is 98.6 Å². The molecular formula is C24H15BrO3. The molecule has 1 unspecified atom stereocenters. The van der Waals surface area contributed by atoms with Crippen LogP contribution in [0.1, 0.15) is 22.6 Å². The van der Waals surface area contributed by atoms with Crippen LogP contribution >= 0.6 is 15.9 Å². The van der Waals surface area contributed by atoms with E-state index in [4.69, 9.17) is 9.15 Å². The molecule has 1 aromatic heterocycles. The van der Waals surface area contributed by atoms with Crippen molar-refractivity contribution in [3.05, 3.63) is 117 Å². The summed E-state index contributed by atoms with van der Waals surface area (Å²) in [6.07, 6.45) is 1.99. The van der Waals surface area contributed by atoms with E-state index in [2.05, 4.69) is 15.9 Å². The largest absolute Gasteiger partial charge is 0.456 e. The van der Waals surface area contributed by atoms with Gasteiger partial charge in [-0.05, 0) is 35.9 Å². The number of hydrogen-bond donors (Lipinski definition) is 0. The molecule has 1 atom stereocenters. The van der Waals surface area contributed by atoms with Crippen molar-refractivity contribution in [1.29, 1.82) is 0 Å². The summed E-state index contributed by atoms with van der Waals surface area (Å²) in [4.78, 5) is 12.9. The first-order valence-corrected chi connectivity index (χ1v) is 9.76. The quantitative estimate of drug-likeness (QED) is 0.359. The van der Waals surface area contributed by atoms with Gasteiger partial charge in [0.15, 0.2) is 0 Å². The van der Waals surface area contributed by atoms with Gasteiger partial charge in [0.25, 0.3) is 0 Å². The second-order valence-electron chi connectivity index (χ2n) is 6.66. The van der Waals surface area contributed by atoms with Crippen LogP contribution in [-0.2, 0) is 0 Å². The van der Waals surface area contributed by atoms with Crippen molar-refractivity contribution in [3.63, 3.8) is 0 Å². The number of benzene rings is 3. The van der Waals surface area contributed by atoms with Crippen LogP contribution in [0.25, 0.3) is 16.7 Å². The van der Waals surface area contributed by atoms with Gasteiger partial charge in [-0.15, -0.1) is 0 Å². The van der Waals surface area contributed by atoms with Crippen molar-refractivity contribution in [2.45, 2.75) is 5.92 Å². The number of rotatable bonds is 2. The van der Waals surface area contributed by atoms with Crippen LogP contribution in [0.5, 0.6) is 5.75 Å². The van der Waals surface area contributed by atoms with Crippen LogP contribution in [0.3, 0.4) is 0 Å². The Morgan fingerprint density at radius 3 is 2.32 bits per heavy atom. The summed E-state index contributed by atoms with van der Waals surface area (Å²) in [5.41, 5.74) is 2.66. The van der Waals surface area contributed by atoms with Gasteiger partial charge in [0.05, 0.1) is 10.9 Å². The van der Waals surface area contributed by atoms with Gasteiger partial charge in [0.2, 0.25) is 0 Å². The van der Waals surface area contributed by atoms with Gasteiger partial charge < -0.3 is 9.15 Å². The first-order chi connectivity index (χ1) is 13.7. The third-order valence-electron chi connectivity index (χ3n) is 4.93. The number of ether oxygens (including phenoxy) is 1. The molecular weight excluding hydrogens is 416 g/mol. The minimum absolute atomic E-state index is 0.246. The topological polar surface area (TPSA) is 39.4 Å². The molecule has 0 saturated heterocycles. The van der Waals surface area contributed by atoms with E-state index >= 15 is 0 Å². The second-order valence-corrected chi connectivity index (χ2v) is 7.57. The minimum Gasteiger partial charge on any atom is -0.456 e. The summed E-state index contributed by atoms with van der Waals surface area (Å²) in [5, 5.41) is 0.792. The van der Waals surface area contributed by atoms with Crippen LogP contribution in [0.4, 0.5) is 0 Å². The molecule has 4 heteroatoms. The minimum atomic E-state index is -0.367. The van der Waals surface area contributed by atoms with E-state index in [1.165, 1.54) is 0 Å². The molecule has 1 aliphatic heterocycles. The molecule has 0 radical (unpaired) electrons. The van der Waals surface area contributed by atoms with E-state index in [9.17, 15) is 4.79 Å². The van der Waals surface area contributed by atoms with Gasteiger partial charge in [-0.2, -0.15) is 0 Å². The monoisotopic (exact) mass is 430 g/mol. The maximum atomic E-state index is 12.9. The van der Waals surface area contributed by atoms with Gasteiger partial charge in [-0.3, -0.25) is 0 Å². The van der Waals surface area contributed by atoms with Gasteiger partial charge in [0, 0.05) is 16.0 Å². The van der Waals surface area contributed by atoms with E-state index in [-0.39, 0.29) is 11.5 Å². The van der Waals surface area contributed by atoms with Crippen molar-refractivity contribution in [2.75, 3.05) is 0 Å². The summed E-state index contributed by atoms with van der Waals surface area (Å²) < 4.78 is 12.9. The van der Waals surface area contributed by atoms with Gasteiger partial charge in [0.1, 0.15) is 17.1 Å². The Hall–Kier alpha value is -3.11. The van der Waals surface area contributed by atoms with Crippen molar-refractivity contribution < 1.29 is 9.15 Å². The van der Waals surface area contributed by atoms with Crippen LogP contribution in [-0.4, -0.2) is 0 Å². The molecule has 136 valence electrons. The van der Waals surface area contributed by atoms with Crippen LogP contribution in [0.2, 0.25) is 0 Å². The van der Waals surface area contributed by atoms with Crippen molar-refractivity contribution in [2.24, 2.45) is 0 Å². The second kappa shape index (κ2) is 6.80. The molecule has 0 aliphatic carbocycles. The fourth-order valence-electron chi connectivity index (χ4n) is 3.59. The predicted octanol–water partition coefficient (Wildman–Crippen LogP) is 6.12. The fourth-order valence-corrected chi connectivity index (χ4v) is 3.85. The number of allylic oxidation sites excluding steroid dienone is 1. The highest BCUT2D eigenvalue weighted by molar-refractivity contribution is 9.10. The SMILES string of the molecule is O=c1oc2ccccc2c2c1C(c1ccccc1)C=C(c1ccc(Br)cc1)O2. The molecule has 3 nitrogen and oxygen atoms in total. The third kappa shape index (κ3) is 2.86. The van der Waals surface area contributed by atoms with E-state index in [0.717, 1.165) is 26.7 Å². The summed E-state index contributed by atoms with van der Waals surface area (Å²) >= 11 is 3.47. The molecule has 4 aromatic rings.